The zero-order valence-corrected chi connectivity index (χ0v) is 13.4. The van der Waals surface area contributed by atoms with Gasteiger partial charge in [0.2, 0.25) is 0 Å². The molecule has 1 aromatic carbocycles. The van der Waals surface area contributed by atoms with Gasteiger partial charge in [0.15, 0.2) is 5.54 Å². The summed E-state index contributed by atoms with van der Waals surface area (Å²) in [6, 6.07) is 7.72. The third-order valence-corrected chi connectivity index (χ3v) is 4.74. The van der Waals surface area contributed by atoms with Crippen molar-refractivity contribution in [2.24, 2.45) is 0 Å². The Bertz CT molecular complexity index is 675. The number of carboxylic acids is 1. The quantitative estimate of drug-likeness (QED) is 0.872. The molecule has 1 unspecified atom stereocenters. The van der Waals surface area contributed by atoms with E-state index in [-0.39, 0.29) is 6.04 Å². The van der Waals surface area contributed by atoms with Gasteiger partial charge in [-0.05, 0) is 44.0 Å². The van der Waals surface area contributed by atoms with Crippen molar-refractivity contribution in [3.05, 3.63) is 34.5 Å². The van der Waals surface area contributed by atoms with Crippen LogP contribution >= 0.6 is 15.9 Å². The van der Waals surface area contributed by atoms with E-state index in [1.54, 1.807) is 6.92 Å². The number of furan rings is 1. The van der Waals surface area contributed by atoms with Crippen LogP contribution < -0.4 is 5.32 Å². The average Bonchev–Trinajstić information content (AvgIpc) is 3.06. The Hall–Kier alpha value is -1.33. The number of aliphatic carboxylic acids is 1. The Morgan fingerprint density at radius 3 is 2.76 bits per heavy atom. The highest BCUT2D eigenvalue weighted by atomic mass is 79.9. The Morgan fingerprint density at radius 2 is 2.10 bits per heavy atom. The van der Waals surface area contributed by atoms with Crippen molar-refractivity contribution in [1.29, 1.82) is 0 Å². The molecule has 1 heterocycles. The van der Waals surface area contributed by atoms with E-state index in [1.165, 1.54) is 0 Å². The monoisotopic (exact) mass is 351 g/mol. The first kappa shape index (κ1) is 14.6. The second kappa shape index (κ2) is 5.46. The summed E-state index contributed by atoms with van der Waals surface area (Å²) in [6.45, 7) is 1.68. The molecule has 1 aromatic heterocycles. The molecule has 0 spiro atoms. The minimum absolute atomic E-state index is 0.242. The van der Waals surface area contributed by atoms with Gasteiger partial charge in [-0.2, -0.15) is 0 Å². The molecule has 0 saturated heterocycles. The van der Waals surface area contributed by atoms with Crippen molar-refractivity contribution in [2.45, 2.75) is 44.2 Å². The van der Waals surface area contributed by atoms with Crippen molar-refractivity contribution in [3.8, 4) is 0 Å². The molecule has 0 amide bonds. The highest BCUT2D eigenvalue weighted by molar-refractivity contribution is 9.10. The molecule has 1 fully saturated rings. The van der Waals surface area contributed by atoms with Gasteiger partial charge in [-0.3, -0.25) is 5.32 Å². The van der Waals surface area contributed by atoms with Crippen LogP contribution in [0.2, 0.25) is 0 Å². The molecule has 4 nitrogen and oxygen atoms in total. The number of carbonyl (C=O) groups is 1. The molecule has 1 atom stereocenters. The van der Waals surface area contributed by atoms with Crippen molar-refractivity contribution in [2.75, 3.05) is 0 Å². The molecule has 2 aromatic rings. The summed E-state index contributed by atoms with van der Waals surface area (Å²) >= 11 is 3.42. The van der Waals surface area contributed by atoms with E-state index >= 15 is 0 Å². The Labute approximate surface area is 131 Å². The average molecular weight is 352 g/mol. The van der Waals surface area contributed by atoms with Gasteiger partial charge >= 0.3 is 5.97 Å². The first-order valence-electron chi connectivity index (χ1n) is 7.20. The first-order chi connectivity index (χ1) is 9.99. The van der Waals surface area contributed by atoms with Crippen LogP contribution in [-0.2, 0) is 10.3 Å². The standard InChI is InChI=1S/C16H18BrNO3/c1-16(15(19)20,18-12-4-2-3-5-12)14-9-10-8-11(17)6-7-13(10)21-14/h6-9,12,18H,2-5H2,1H3,(H,19,20). The zero-order chi connectivity index (χ0) is 15.0. The maximum Gasteiger partial charge on any atom is 0.331 e. The number of nitrogens with one attached hydrogen (secondary N) is 1. The molecule has 0 bridgehead atoms. The smallest absolute Gasteiger partial charge is 0.331 e. The largest absolute Gasteiger partial charge is 0.480 e. The number of benzene rings is 1. The predicted octanol–water partition coefficient (Wildman–Crippen LogP) is 4.03. The highest BCUT2D eigenvalue weighted by Crippen LogP contribution is 2.32. The van der Waals surface area contributed by atoms with Crippen molar-refractivity contribution in [1.82, 2.24) is 5.32 Å². The summed E-state index contributed by atoms with van der Waals surface area (Å²) in [5.41, 5.74) is -0.491. The minimum Gasteiger partial charge on any atom is -0.480 e. The second-order valence-electron chi connectivity index (χ2n) is 5.85. The van der Waals surface area contributed by atoms with Gasteiger partial charge in [0, 0.05) is 15.9 Å². The van der Waals surface area contributed by atoms with Crippen LogP contribution in [-0.4, -0.2) is 17.1 Å². The summed E-state index contributed by atoms with van der Waals surface area (Å²) in [5, 5.41) is 13.9. The van der Waals surface area contributed by atoms with Gasteiger partial charge in [-0.25, -0.2) is 4.79 Å². The lowest BCUT2D eigenvalue weighted by molar-refractivity contribution is -0.145. The Morgan fingerprint density at radius 1 is 1.38 bits per heavy atom. The van der Waals surface area contributed by atoms with E-state index in [9.17, 15) is 9.90 Å². The van der Waals surface area contributed by atoms with Gasteiger partial charge < -0.3 is 9.52 Å². The molecule has 5 heteroatoms. The summed E-state index contributed by atoms with van der Waals surface area (Å²) in [5.74, 6) is -0.456. The number of rotatable bonds is 4. The molecule has 1 aliphatic carbocycles. The molecule has 2 N–H and O–H groups in total. The summed E-state index contributed by atoms with van der Waals surface area (Å²) in [4.78, 5) is 11.8. The lowest BCUT2D eigenvalue weighted by Crippen LogP contribution is -2.50. The van der Waals surface area contributed by atoms with Crippen LogP contribution in [0.3, 0.4) is 0 Å². The van der Waals surface area contributed by atoms with E-state index in [1.807, 2.05) is 24.3 Å². The normalized spacial score (nSPS) is 19.0. The Kier molecular flexibility index (Phi) is 3.80. The van der Waals surface area contributed by atoms with Crippen molar-refractivity contribution in [3.63, 3.8) is 0 Å². The van der Waals surface area contributed by atoms with Crippen LogP contribution in [0.25, 0.3) is 11.0 Å². The molecule has 3 rings (SSSR count). The molecule has 21 heavy (non-hydrogen) atoms. The topological polar surface area (TPSA) is 62.5 Å². The molecular formula is C16H18BrNO3. The summed E-state index contributed by atoms with van der Waals surface area (Å²) < 4.78 is 6.74. The maximum atomic E-state index is 11.8. The van der Waals surface area contributed by atoms with Crippen molar-refractivity contribution < 1.29 is 14.3 Å². The number of halogens is 1. The third kappa shape index (κ3) is 2.72. The molecule has 0 aliphatic heterocycles. The fourth-order valence-electron chi connectivity index (χ4n) is 2.98. The fourth-order valence-corrected chi connectivity index (χ4v) is 3.36. The van der Waals surface area contributed by atoms with Crippen molar-refractivity contribution >= 4 is 32.9 Å². The van der Waals surface area contributed by atoms with Gasteiger partial charge in [-0.1, -0.05) is 28.8 Å². The number of hydrogen-bond donors (Lipinski definition) is 2. The van der Waals surface area contributed by atoms with E-state index in [0.717, 1.165) is 35.5 Å². The van der Waals surface area contributed by atoms with Crippen LogP contribution in [0.5, 0.6) is 0 Å². The second-order valence-corrected chi connectivity index (χ2v) is 6.76. The fraction of sp³-hybridized carbons (Fsp3) is 0.438. The Balaban J connectivity index is 1.99. The highest BCUT2D eigenvalue weighted by Gasteiger charge is 2.40. The SMILES string of the molecule is CC(NC1CCCC1)(C(=O)O)c1cc2cc(Br)ccc2o1. The van der Waals surface area contributed by atoms with Gasteiger partial charge in [-0.15, -0.1) is 0 Å². The van der Waals surface area contributed by atoms with Gasteiger partial charge in [0.25, 0.3) is 0 Å². The van der Waals surface area contributed by atoms with Crippen LogP contribution in [0.4, 0.5) is 0 Å². The molecule has 1 saturated carbocycles. The van der Waals surface area contributed by atoms with E-state index in [4.69, 9.17) is 4.42 Å². The molecule has 1 aliphatic rings. The number of hydrogen-bond acceptors (Lipinski definition) is 3. The summed E-state index contributed by atoms with van der Waals surface area (Å²) in [7, 11) is 0. The number of carboxylic acid groups (broad SMARTS) is 1. The van der Waals surface area contributed by atoms with Crippen LogP contribution in [0.15, 0.2) is 33.2 Å². The lowest BCUT2D eigenvalue weighted by Gasteiger charge is -2.27. The van der Waals surface area contributed by atoms with Crippen LogP contribution in [0, 0.1) is 0 Å². The third-order valence-electron chi connectivity index (χ3n) is 4.25. The van der Waals surface area contributed by atoms with E-state index in [0.29, 0.717) is 11.3 Å². The van der Waals surface area contributed by atoms with Gasteiger partial charge in [0.1, 0.15) is 11.3 Å². The first-order valence-corrected chi connectivity index (χ1v) is 7.99. The zero-order valence-electron chi connectivity index (χ0n) is 11.9. The van der Waals surface area contributed by atoms with E-state index in [2.05, 4.69) is 21.2 Å². The molecule has 112 valence electrons. The van der Waals surface area contributed by atoms with Crippen LogP contribution in [0.1, 0.15) is 38.4 Å². The predicted molar refractivity (Wildman–Crippen MR) is 84.3 cm³/mol. The molecular weight excluding hydrogens is 334 g/mol. The van der Waals surface area contributed by atoms with Gasteiger partial charge in [0.05, 0.1) is 0 Å². The van der Waals surface area contributed by atoms with E-state index < -0.39 is 11.5 Å². The minimum atomic E-state index is -1.19. The lowest BCUT2D eigenvalue weighted by atomic mass is 9.97. The molecule has 0 radical (unpaired) electrons. The summed E-state index contributed by atoms with van der Waals surface area (Å²) in [6.07, 6.45) is 4.35. The maximum absolute atomic E-state index is 11.8. The number of fused-ring (bicyclic) bond motifs is 1.